The Hall–Kier alpha value is 0.827. The highest BCUT2D eigenvalue weighted by Gasteiger charge is 2.37. The molecule has 0 spiro atoms. The standard InChI is InChI=1S/C8H13Cl3Si/c1-6-3-4-8(5-7(6)2)12(9,10)11/h8H,3-5H2,1-2H3. The predicted molar refractivity (Wildman–Crippen MR) is 59.3 cm³/mol. The van der Waals surface area contributed by atoms with Crippen LogP contribution in [0.2, 0.25) is 5.54 Å². The van der Waals surface area contributed by atoms with E-state index in [1.165, 1.54) is 11.1 Å². The lowest BCUT2D eigenvalue weighted by Crippen LogP contribution is -2.22. The maximum absolute atomic E-state index is 5.97. The van der Waals surface area contributed by atoms with Crippen LogP contribution in [0.4, 0.5) is 0 Å². The average molecular weight is 244 g/mol. The minimum atomic E-state index is -2.45. The average Bonchev–Trinajstić information content (AvgIpc) is 1.92. The first kappa shape index (κ1) is 10.9. The second-order valence-corrected chi connectivity index (χ2v) is 12.5. The molecule has 1 atom stereocenters. The Morgan fingerprint density at radius 3 is 2.17 bits per heavy atom. The zero-order valence-corrected chi connectivity index (χ0v) is 10.6. The fourth-order valence-electron chi connectivity index (χ4n) is 1.53. The molecule has 0 aromatic carbocycles. The van der Waals surface area contributed by atoms with Crippen LogP contribution in [-0.2, 0) is 0 Å². The van der Waals surface area contributed by atoms with Crippen LogP contribution in [0.25, 0.3) is 0 Å². The number of hydrogen-bond acceptors (Lipinski definition) is 0. The molecule has 0 amide bonds. The molecule has 0 saturated heterocycles. The van der Waals surface area contributed by atoms with Crippen molar-refractivity contribution in [3.05, 3.63) is 11.1 Å². The monoisotopic (exact) mass is 242 g/mol. The van der Waals surface area contributed by atoms with Gasteiger partial charge in [0.15, 0.2) is 0 Å². The molecule has 0 fully saturated rings. The zero-order chi connectivity index (χ0) is 9.35. The summed E-state index contributed by atoms with van der Waals surface area (Å²) in [6.45, 7) is 4.32. The summed E-state index contributed by atoms with van der Waals surface area (Å²) in [5, 5.41) is 0. The topological polar surface area (TPSA) is 0 Å². The summed E-state index contributed by atoms with van der Waals surface area (Å²) in [5.74, 6) is 0. The highest BCUT2D eigenvalue weighted by Crippen LogP contribution is 2.45. The van der Waals surface area contributed by atoms with Crippen molar-refractivity contribution in [3.8, 4) is 0 Å². The molecule has 1 unspecified atom stereocenters. The fourth-order valence-corrected chi connectivity index (χ4v) is 4.22. The summed E-state index contributed by atoms with van der Waals surface area (Å²) in [7, 11) is 0. The van der Waals surface area contributed by atoms with Gasteiger partial charge < -0.3 is 0 Å². The first-order chi connectivity index (χ1) is 5.41. The Morgan fingerprint density at radius 1 is 1.17 bits per heavy atom. The lowest BCUT2D eigenvalue weighted by atomic mass is 9.93. The summed E-state index contributed by atoms with van der Waals surface area (Å²) >= 11 is 17.9. The van der Waals surface area contributed by atoms with Gasteiger partial charge in [-0.05, 0) is 38.7 Å². The smallest absolute Gasteiger partial charge is 0.126 e. The van der Waals surface area contributed by atoms with Crippen molar-refractivity contribution < 1.29 is 0 Å². The van der Waals surface area contributed by atoms with Crippen molar-refractivity contribution in [2.45, 2.75) is 38.7 Å². The molecule has 70 valence electrons. The van der Waals surface area contributed by atoms with Gasteiger partial charge in [-0.2, -0.15) is 0 Å². The van der Waals surface area contributed by atoms with E-state index in [2.05, 4.69) is 13.8 Å². The summed E-state index contributed by atoms with van der Waals surface area (Å²) < 4.78 is 0. The number of hydrogen-bond donors (Lipinski definition) is 0. The Balaban J connectivity index is 2.67. The third kappa shape index (κ3) is 2.66. The Kier molecular flexibility index (Phi) is 3.55. The van der Waals surface area contributed by atoms with Crippen molar-refractivity contribution in [2.75, 3.05) is 0 Å². The first-order valence-electron chi connectivity index (χ1n) is 4.13. The zero-order valence-electron chi connectivity index (χ0n) is 7.33. The van der Waals surface area contributed by atoms with Crippen molar-refractivity contribution in [2.24, 2.45) is 0 Å². The summed E-state index contributed by atoms with van der Waals surface area (Å²) in [4.78, 5) is 0. The third-order valence-corrected chi connectivity index (χ3v) is 6.81. The molecule has 12 heavy (non-hydrogen) atoms. The van der Waals surface area contributed by atoms with E-state index < -0.39 is 6.00 Å². The van der Waals surface area contributed by atoms with Gasteiger partial charge >= 0.3 is 6.00 Å². The molecule has 1 aliphatic carbocycles. The van der Waals surface area contributed by atoms with E-state index >= 15 is 0 Å². The summed E-state index contributed by atoms with van der Waals surface area (Å²) in [5.41, 5.74) is 3.24. The van der Waals surface area contributed by atoms with Gasteiger partial charge in [0.25, 0.3) is 0 Å². The SMILES string of the molecule is CC1=C(C)CC([Si](Cl)(Cl)Cl)CC1. The van der Waals surface area contributed by atoms with E-state index in [1.54, 1.807) is 0 Å². The van der Waals surface area contributed by atoms with Gasteiger partial charge in [-0.25, -0.2) is 0 Å². The van der Waals surface area contributed by atoms with Crippen LogP contribution < -0.4 is 0 Å². The normalized spacial score (nSPS) is 26.2. The van der Waals surface area contributed by atoms with E-state index in [0.29, 0.717) is 5.54 Å². The number of allylic oxidation sites excluding steroid dienone is 2. The number of halogens is 3. The highest BCUT2D eigenvalue weighted by molar-refractivity contribution is 7.65. The highest BCUT2D eigenvalue weighted by atomic mass is 35.8. The van der Waals surface area contributed by atoms with Crippen LogP contribution in [0.1, 0.15) is 33.1 Å². The Labute approximate surface area is 89.0 Å². The van der Waals surface area contributed by atoms with Gasteiger partial charge in [0.05, 0.1) is 0 Å². The quantitative estimate of drug-likeness (QED) is 0.361. The first-order valence-corrected chi connectivity index (χ1v) is 9.24. The minimum Gasteiger partial charge on any atom is -0.126 e. The van der Waals surface area contributed by atoms with Crippen molar-refractivity contribution in [1.29, 1.82) is 0 Å². The molecule has 1 aliphatic rings. The van der Waals surface area contributed by atoms with Gasteiger partial charge in [-0.3, -0.25) is 0 Å². The summed E-state index contributed by atoms with van der Waals surface area (Å²) in [6.07, 6.45) is 3.16. The van der Waals surface area contributed by atoms with Gasteiger partial charge in [-0.15, -0.1) is 33.2 Å². The molecule has 0 aliphatic heterocycles. The largest absolute Gasteiger partial charge is 0.344 e. The molecule has 0 nitrogen and oxygen atoms in total. The van der Waals surface area contributed by atoms with Crippen LogP contribution >= 0.6 is 33.2 Å². The molecule has 0 bridgehead atoms. The number of rotatable bonds is 1. The van der Waals surface area contributed by atoms with E-state index in [1.807, 2.05) is 0 Å². The third-order valence-electron chi connectivity index (χ3n) is 2.61. The van der Waals surface area contributed by atoms with Crippen LogP contribution in [-0.4, -0.2) is 6.00 Å². The van der Waals surface area contributed by atoms with Gasteiger partial charge in [0.2, 0.25) is 0 Å². The van der Waals surface area contributed by atoms with Crippen LogP contribution in [0.5, 0.6) is 0 Å². The van der Waals surface area contributed by atoms with Crippen molar-refractivity contribution in [3.63, 3.8) is 0 Å². The molecule has 0 N–H and O–H groups in total. The van der Waals surface area contributed by atoms with Crippen LogP contribution in [0.3, 0.4) is 0 Å². The molecule has 0 aromatic heterocycles. The van der Waals surface area contributed by atoms with Crippen molar-refractivity contribution >= 4 is 39.2 Å². The molecule has 0 aromatic rings. The lowest BCUT2D eigenvalue weighted by Gasteiger charge is -2.27. The molecular weight excluding hydrogens is 231 g/mol. The van der Waals surface area contributed by atoms with Gasteiger partial charge in [0.1, 0.15) is 0 Å². The van der Waals surface area contributed by atoms with E-state index in [-0.39, 0.29) is 0 Å². The Morgan fingerprint density at radius 2 is 1.75 bits per heavy atom. The van der Waals surface area contributed by atoms with E-state index in [4.69, 9.17) is 33.2 Å². The molecule has 4 heteroatoms. The maximum Gasteiger partial charge on any atom is 0.344 e. The fraction of sp³-hybridized carbons (Fsp3) is 0.750. The molecule has 1 rings (SSSR count). The van der Waals surface area contributed by atoms with E-state index in [0.717, 1.165) is 19.3 Å². The summed E-state index contributed by atoms with van der Waals surface area (Å²) in [6, 6.07) is -2.45. The van der Waals surface area contributed by atoms with E-state index in [9.17, 15) is 0 Å². The lowest BCUT2D eigenvalue weighted by molar-refractivity contribution is 0.665. The van der Waals surface area contributed by atoms with Crippen LogP contribution in [0.15, 0.2) is 11.1 Å². The van der Waals surface area contributed by atoms with Gasteiger partial charge in [0, 0.05) is 0 Å². The molecule has 0 saturated carbocycles. The molecule has 0 radical (unpaired) electrons. The Bertz CT molecular complexity index is 205. The van der Waals surface area contributed by atoms with Crippen LogP contribution in [0, 0.1) is 0 Å². The predicted octanol–water partition coefficient (Wildman–Crippen LogP) is 4.53. The second kappa shape index (κ2) is 3.91. The maximum atomic E-state index is 5.97. The minimum absolute atomic E-state index is 0.339. The second-order valence-electron chi connectivity index (χ2n) is 3.54. The molecular formula is C8H13Cl3Si. The van der Waals surface area contributed by atoms with Gasteiger partial charge in [-0.1, -0.05) is 11.1 Å². The molecule has 0 heterocycles. The van der Waals surface area contributed by atoms with Crippen molar-refractivity contribution in [1.82, 2.24) is 0 Å².